The van der Waals surface area contributed by atoms with Crippen LogP contribution in [0.2, 0.25) is 0 Å². The lowest BCUT2D eigenvalue weighted by Crippen LogP contribution is -2.25. The molecule has 0 saturated carbocycles. The first kappa shape index (κ1) is 17.1. The third-order valence-electron chi connectivity index (χ3n) is 4.45. The van der Waals surface area contributed by atoms with Gasteiger partial charge in [0.1, 0.15) is 5.82 Å². The van der Waals surface area contributed by atoms with Crippen molar-refractivity contribution in [2.24, 2.45) is 0 Å². The summed E-state index contributed by atoms with van der Waals surface area (Å²) in [5, 5.41) is 7.39. The molecular weight excluding hydrogens is 322 g/mol. The lowest BCUT2D eigenvalue weighted by molar-refractivity contribution is -0.116. The number of rotatable bonds is 5. The molecular formula is C18H23N3O4. The van der Waals surface area contributed by atoms with Gasteiger partial charge >= 0.3 is 0 Å². The Morgan fingerprint density at radius 1 is 1.12 bits per heavy atom. The maximum atomic E-state index is 12.3. The Morgan fingerprint density at radius 3 is 2.44 bits per heavy atom. The smallest absolute Gasteiger partial charge is 0.226 e. The third kappa shape index (κ3) is 2.79. The van der Waals surface area contributed by atoms with Crippen molar-refractivity contribution in [2.45, 2.75) is 32.2 Å². The first-order chi connectivity index (χ1) is 12.0. The molecule has 134 valence electrons. The first-order valence-electron chi connectivity index (χ1n) is 8.17. The second kappa shape index (κ2) is 6.66. The zero-order valence-electron chi connectivity index (χ0n) is 15.1. The molecule has 2 heterocycles. The Balaban J connectivity index is 2.16. The van der Waals surface area contributed by atoms with Crippen LogP contribution in [0, 0.1) is 0 Å². The van der Waals surface area contributed by atoms with Gasteiger partial charge in [-0.3, -0.25) is 4.79 Å². The Labute approximate surface area is 146 Å². The van der Waals surface area contributed by atoms with Gasteiger partial charge in [-0.2, -0.15) is 5.10 Å². The van der Waals surface area contributed by atoms with Crippen molar-refractivity contribution < 1.29 is 19.0 Å². The van der Waals surface area contributed by atoms with Gasteiger partial charge in [-0.15, -0.1) is 0 Å². The Hall–Kier alpha value is -2.70. The number of carbonyl (C=O) groups is 1. The Kier molecular flexibility index (Phi) is 4.57. The third-order valence-corrected chi connectivity index (χ3v) is 4.45. The number of benzene rings is 1. The highest BCUT2D eigenvalue weighted by molar-refractivity contribution is 5.94. The summed E-state index contributed by atoms with van der Waals surface area (Å²) >= 11 is 0. The van der Waals surface area contributed by atoms with Gasteiger partial charge in [0.2, 0.25) is 11.7 Å². The lowest BCUT2D eigenvalue weighted by atomic mass is 9.86. The van der Waals surface area contributed by atoms with Crippen molar-refractivity contribution in [2.75, 3.05) is 26.6 Å². The molecule has 0 fully saturated rings. The van der Waals surface area contributed by atoms with E-state index in [2.05, 4.69) is 10.4 Å². The molecule has 1 aromatic heterocycles. The fourth-order valence-corrected chi connectivity index (χ4v) is 3.31. The van der Waals surface area contributed by atoms with Gasteiger partial charge in [-0.05, 0) is 19.9 Å². The van der Waals surface area contributed by atoms with Crippen LogP contribution in [0.5, 0.6) is 17.2 Å². The summed E-state index contributed by atoms with van der Waals surface area (Å²) in [6.45, 7) is 4.06. The molecule has 0 radical (unpaired) electrons. The van der Waals surface area contributed by atoms with Gasteiger partial charge in [0.15, 0.2) is 11.5 Å². The van der Waals surface area contributed by atoms with Crippen molar-refractivity contribution >= 4 is 11.7 Å². The molecule has 25 heavy (non-hydrogen) atoms. The highest BCUT2D eigenvalue weighted by Crippen LogP contribution is 2.47. The molecule has 0 spiro atoms. The minimum Gasteiger partial charge on any atom is -0.493 e. The van der Waals surface area contributed by atoms with Crippen LogP contribution in [-0.4, -0.2) is 37.0 Å². The maximum Gasteiger partial charge on any atom is 0.226 e. The van der Waals surface area contributed by atoms with Crippen LogP contribution < -0.4 is 19.5 Å². The minimum atomic E-state index is -0.161. The molecule has 1 amide bonds. The summed E-state index contributed by atoms with van der Waals surface area (Å²) < 4.78 is 18.3. The van der Waals surface area contributed by atoms with Crippen molar-refractivity contribution in [3.8, 4) is 17.2 Å². The Bertz CT molecular complexity index is 798. The van der Waals surface area contributed by atoms with Gasteiger partial charge in [-0.25, -0.2) is 4.68 Å². The fraction of sp³-hybridized carbons (Fsp3) is 0.444. The molecule has 2 aromatic rings. The molecule has 7 heteroatoms. The number of ether oxygens (including phenoxy) is 3. The number of nitrogens with one attached hydrogen (secondary N) is 1. The number of methoxy groups -OCH3 is 3. The number of anilines is 1. The molecule has 0 saturated heterocycles. The van der Waals surface area contributed by atoms with Crippen LogP contribution >= 0.6 is 0 Å². The fourth-order valence-electron chi connectivity index (χ4n) is 3.31. The quantitative estimate of drug-likeness (QED) is 0.902. The molecule has 0 unspecified atom stereocenters. The molecule has 7 nitrogen and oxygen atoms in total. The Morgan fingerprint density at radius 2 is 1.84 bits per heavy atom. The van der Waals surface area contributed by atoms with Crippen molar-refractivity contribution in [3.63, 3.8) is 0 Å². The summed E-state index contributed by atoms with van der Waals surface area (Å²) in [6, 6.07) is 3.89. The van der Waals surface area contributed by atoms with Crippen LogP contribution in [0.15, 0.2) is 18.3 Å². The van der Waals surface area contributed by atoms with E-state index in [-0.39, 0.29) is 17.9 Å². The zero-order valence-corrected chi connectivity index (χ0v) is 15.1. The predicted molar refractivity (Wildman–Crippen MR) is 93.8 cm³/mol. The average Bonchev–Trinajstić information content (AvgIpc) is 3.03. The number of aromatic nitrogens is 2. The van der Waals surface area contributed by atoms with Crippen LogP contribution in [0.3, 0.4) is 0 Å². The standard InChI is InChI=1S/C18H23N3O4/c1-10(2)21-18-13(9-19-21)12(8-15(22)20-18)11-6-7-14(23-3)17(25-5)16(11)24-4/h6-7,9-10,12H,8H2,1-5H3,(H,20,22)/t12-/m0/s1. The lowest BCUT2D eigenvalue weighted by Gasteiger charge is -2.26. The monoisotopic (exact) mass is 345 g/mol. The SMILES string of the molecule is COc1ccc([C@@H]2CC(=O)Nc3c2cnn3C(C)C)c(OC)c1OC. The molecule has 1 atom stereocenters. The number of fused-ring (bicyclic) bond motifs is 1. The van der Waals surface area contributed by atoms with Crippen LogP contribution in [-0.2, 0) is 4.79 Å². The highest BCUT2D eigenvalue weighted by Gasteiger charge is 2.33. The molecule has 0 aliphatic carbocycles. The van der Waals surface area contributed by atoms with Gasteiger partial charge in [0.05, 0.1) is 27.5 Å². The maximum absolute atomic E-state index is 12.3. The van der Waals surface area contributed by atoms with Crippen molar-refractivity contribution in [1.82, 2.24) is 9.78 Å². The predicted octanol–water partition coefficient (Wildman–Crippen LogP) is 2.96. The largest absolute Gasteiger partial charge is 0.493 e. The summed E-state index contributed by atoms with van der Waals surface area (Å²) in [4.78, 5) is 12.3. The van der Waals surface area contributed by atoms with E-state index in [1.165, 1.54) is 0 Å². The summed E-state index contributed by atoms with van der Waals surface area (Å²) in [5.74, 6) is 2.22. The number of amides is 1. The summed E-state index contributed by atoms with van der Waals surface area (Å²) in [6.07, 6.45) is 2.14. The summed E-state index contributed by atoms with van der Waals surface area (Å²) in [5.41, 5.74) is 1.85. The van der Waals surface area contributed by atoms with Crippen molar-refractivity contribution in [3.05, 3.63) is 29.5 Å². The molecule has 1 aliphatic heterocycles. The van der Waals surface area contributed by atoms with E-state index < -0.39 is 0 Å². The van der Waals surface area contributed by atoms with Gasteiger partial charge < -0.3 is 19.5 Å². The number of hydrogen-bond acceptors (Lipinski definition) is 5. The second-order valence-electron chi connectivity index (χ2n) is 6.22. The van der Waals surface area contributed by atoms with Gasteiger partial charge in [0, 0.05) is 29.5 Å². The van der Waals surface area contributed by atoms with E-state index in [0.29, 0.717) is 23.7 Å². The summed E-state index contributed by atoms with van der Waals surface area (Å²) in [7, 11) is 4.73. The first-order valence-corrected chi connectivity index (χ1v) is 8.17. The van der Waals surface area contributed by atoms with E-state index in [9.17, 15) is 4.79 Å². The number of hydrogen-bond donors (Lipinski definition) is 1. The van der Waals surface area contributed by atoms with E-state index in [4.69, 9.17) is 14.2 Å². The number of nitrogens with zero attached hydrogens (tertiary/aromatic N) is 2. The van der Waals surface area contributed by atoms with Gasteiger partial charge in [-0.1, -0.05) is 6.07 Å². The second-order valence-corrected chi connectivity index (χ2v) is 6.22. The molecule has 1 aromatic carbocycles. The molecule has 1 N–H and O–H groups in total. The van der Waals surface area contributed by atoms with E-state index >= 15 is 0 Å². The average molecular weight is 345 g/mol. The van der Waals surface area contributed by atoms with Crippen molar-refractivity contribution in [1.29, 1.82) is 0 Å². The van der Waals surface area contributed by atoms with Gasteiger partial charge in [0.25, 0.3) is 0 Å². The van der Waals surface area contributed by atoms with E-state index in [0.717, 1.165) is 16.9 Å². The molecule has 0 bridgehead atoms. The van der Waals surface area contributed by atoms with Crippen LogP contribution in [0.25, 0.3) is 0 Å². The van der Waals surface area contributed by atoms with E-state index in [1.807, 2.05) is 36.9 Å². The zero-order chi connectivity index (χ0) is 18.1. The minimum absolute atomic E-state index is 0.0447. The molecule has 3 rings (SSSR count). The number of carbonyl (C=O) groups excluding carboxylic acids is 1. The highest BCUT2D eigenvalue weighted by atomic mass is 16.5. The topological polar surface area (TPSA) is 74.6 Å². The normalized spacial score (nSPS) is 16.4. The van der Waals surface area contributed by atoms with Crippen LogP contribution in [0.1, 0.15) is 43.4 Å². The molecule has 1 aliphatic rings. The van der Waals surface area contributed by atoms with E-state index in [1.54, 1.807) is 21.3 Å². The van der Waals surface area contributed by atoms with Crippen LogP contribution in [0.4, 0.5) is 5.82 Å².